The highest BCUT2D eigenvalue weighted by atomic mass is 127. The highest BCUT2D eigenvalue weighted by Crippen LogP contribution is 2.43. The number of carbonyl (C=O) groups is 1. The summed E-state index contributed by atoms with van der Waals surface area (Å²) in [5.41, 5.74) is 2.18. The maximum absolute atomic E-state index is 12.8. The fraction of sp³-hybridized carbons (Fsp3) is 0.484. The van der Waals surface area contributed by atoms with Gasteiger partial charge in [-0.1, -0.05) is 30.3 Å². The van der Waals surface area contributed by atoms with Crippen molar-refractivity contribution in [3.8, 4) is 11.6 Å². The van der Waals surface area contributed by atoms with E-state index in [-0.39, 0.29) is 24.3 Å². The molecule has 0 saturated carbocycles. The average Bonchev–Trinajstić information content (AvgIpc) is 3.44. The highest BCUT2D eigenvalue weighted by molar-refractivity contribution is 14.1. The topological polar surface area (TPSA) is 73.4 Å². The Labute approximate surface area is 264 Å². The molecule has 1 saturated heterocycles. The van der Waals surface area contributed by atoms with Gasteiger partial charge in [0.15, 0.2) is 5.75 Å². The number of hydrogen-bond acceptors (Lipinski definition) is 7. The first-order valence-corrected chi connectivity index (χ1v) is 15.7. The van der Waals surface area contributed by atoms with Crippen molar-refractivity contribution in [3.05, 3.63) is 56.1 Å². The van der Waals surface area contributed by atoms with E-state index in [0.717, 1.165) is 31.1 Å². The summed E-state index contributed by atoms with van der Waals surface area (Å²) in [7, 11) is 3.72. The van der Waals surface area contributed by atoms with Crippen LogP contribution < -0.4 is 14.4 Å². The van der Waals surface area contributed by atoms with E-state index in [9.17, 15) is 4.79 Å². The Hall–Kier alpha value is -2.31. The van der Waals surface area contributed by atoms with Gasteiger partial charge >= 0.3 is 6.09 Å². The first kappa shape index (κ1) is 31.6. The third-order valence-corrected chi connectivity index (χ3v) is 9.46. The van der Waals surface area contributed by atoms with Crippen LogP contribution in [0.1, 0.15) is 52.7 Å². The first-order chi connectivity index (χ1) is 19.4. The van der Waals surface area contributed by atoms with Gasteiger partial charge in [0.05, 0.1) is 16.3 Å². The van der Waals surface area contributed by atoms with Crippen molar-refractivity contribution in [2.45, 2.75) is 64.9 Å². The van der Waals surface area contributed by atoms with Crippen LogP contribution in [-0.4, -0.2) is 67.6 Å². The number of methoxy groups -OCH3 is 1. The molecule has 41 heavy (non-hydrogen) atoms. The molecule has 222 valence electrons. The number of hydrogen-bond donors (Lipinski definition) is 0. The van der Waals surface area contributed by atoms with Gasteiger partial charge in [0, 0.05) is 48.3 Å². The Balaban J connectivity index is 1.74. The molecule has 0 N–H and O–H groups in total. The largest absolute Gasteiger partial charge is 0.483 e. The lowest BCUT2D eigenvalue weighted by atomic mass is 10.1. The van der Waals surface area contributed by atoms with Crippen LogP contribution in [0.5, 0.6) is 11.6 Å². The molecule has 2 aromatic carbocycles. The Kier molecular flexibility index (Phi) is 10.3. The third kappa shape index (κ3) is 7.75. The number of likely N-dealkylation sites (tertiary alicyclic amines) is 1. The molecule has 1 aliphatic heterocycles. The lowest BCUT2D eigenvalue weighted by Gasteiger charge is -2.29. The molecule has 0 aliphatic carbocycles. The van der Waals surface area contributed by atoms with E-state index in [1.807, 2.05) is 58.9 Å². The number of benzene rings is 2. The Morgan fingerprint density at radius 1 is 1.22 bits per heavy atom. The van der Waals surface area contributed by atoms with Crippen LogP contribution >= 0.6 is 38.5 Å². The number of halogens is 2. The zero-order valence-electron chi connectivity index (χ0n) is 24.7. The minimum Gasteiger partial charge on any atom is -0.483 e. The minimum atomic E-state index is -0.536. The molecule has 4 rings (SSSR count). The predicted octanol–water partition coefficient (Wildman–Crippen LogP) is 7.60. The molecule has 0 bridgehead atoms. The molecular weight excluding hydrogens is 701 g/mol. The van der Waals surface area contributed by atoms with Crippen LogP contribution in [0.4, 0.5) is 10.5 Å². The van der Waals surface area contributed by atoms with Gasteiger partial charge < -0.3 is 28.7 Å². The summed E-state index contributed by atoms with van der Waals surface area (Å²) in [5, 5.41) is 0.943. The average molecular weight is 740 g/mol. The van der Waals surface area contributed by atoms with E-state index in [4.69, 9.17) is 23.9 Å². The fourth-order valence-corrected chi connectivity index (χ4v) is 5.65. The van der Waals surface area contributed by atoms with Crippen molar-refractivity contribution in [1.82, 2.24) is 9.88 Å². The number of anilines is 1. The van der Waals surface area contributed by atoms with Crippen LogP contribution in [0.3, 0.4) is 0 Å². The standard InChI is InChI=1S/C31H39BrIN3O5/c1-19(38-7)18-39-26-16-25(35(6)22-13-14-36(17-22)30(37)41-31(3,4)5)23-15-24(33)27(32)29(28(23)34-26)40-20(2)21-11-9-8-10-12-21/h8-12,15-16,19-20,22H,13-14,17-18H2,1-7H3/t19-,20-,22-/m0/s1. The lowest BCUT2D eigenvalue weighted by molar-refractivity contribution is 0.0292. The maximum Gasteiger partial charge on any atom is 0.410 e. The molecular formula is C31H39BrIN3O5. The highest BCUT2D eigenvalue weighted by Gasteiger charge is 2.33. The van der Waals surface area contributed by atoms with Gasteiger partial charge in [-0.2, -0.15) is 0 Å². The smallest absolute Gasteiger partial charge is 0.410 e. The number of rotatable bonds is 9. The molecule has 3 aromatic rings. The molecule has 1 amide bonds. The number of carbonyl (C=O) groups excluding carboxylic acids is 1. The summed E-state index contributed by atoms with van der Waals surface area (Å²) in [6.07, 6.45) is 0.239. The van der Waals surface area contributed by atoms with Crippen molar-refractivity contribution in [1.29, 1.82) is 0 Å². The van der Waals surface area contributed by atoms with Gasteiger partial charge in [0.1, 0.15) is 23.8 Å². The number of nitrogens with zero attached hydrogens (tertiary/aromatic N) is 3. The van der Waals surface area contributed by atoms with Gasteiger partial charge in [-0.15, -0.1) is 0 Å². The molecule has 1 aliphatic rings. The number of amides is 1. The maximum atomic E-state index is 12.8. The summed E-state index contributed by atoms with van der Waals surface area (Å²) < 4.78 is 25.6. The van der Waals surface area contributed by atoms with Gasteiger partial charge in [0.25, 0.3) is 0 Å². The van der Waals surface area contributed by atoms with Crippen LogP contribution in [0.25, 0.3) is 10.9 Å². The quantitative estimate of drug-likeness (QED) is 0.209. The summed E-state index contributed by atoms with van der Waals surface area (Å²) >= 11 is 6.09. The van der Waals surface area contributed by atoms with E-state index in [1.54, 1.807) is 12.0 Å². The number of fused-ring (bicyclic) bond motifs is 1. The van der Waals surface area contributed by atoms with E-state index in [1.165, 1.54) is 0 Å². The second-order valence-electron chi connectivity index (χ2n) is 11.4. The monoisotopic (exact) mass is 739 g/mol. The van der Waals surface area contributed by atoms with Crippen molar-refractivity contribution < 1.29 is 23.7 Å². The summed E-state index contributed by atoms with van der Waals surface area (Å²) in [6, 6.07) is 14.3. The van der Waals surface area contributed by atoms with Gasteiger partial charge in [-0.25, -0.2) is 9.78 Å². The minimum absolute atomic E-state index is 0.0905. The number of aromatic nitrogens is 1. The predicted molar refractivity (Wildman–Crippen MR) is 174 cm³/mol. The third-order valence-electron chi connectivity index (χ3n) is 7.08. The molecule has 0 spiro atoms. The molecule has 8 nitrogen and oxygen atoms in total. The fourth-order valence-electron chi connectivity index (χ4n) is 4.70. The number of ether oxygens (including phenoxy) is 4. The Bertz CT molecular complexity index is 1370. The molecule has 0 radical (unpaired) electrons. The normalized spacial score (nSPS) is 16.9. The summed E-state index contributed by atoms with van der Waals surface area (Å²) in [6.45, 7) is 11.2. The lowest BCUT2D eigenvalue weighted by Crippen LogP contribution is -2.39. The van der Waals surface area contributed by atoms with E-state index < -0.39 is 5.60 Å². The molecule has 1 aromatic heterocycles. The van der Waals surface area contributed by atoms with Crippen molar-refractivity contribution >= 4 is 61.2 Å². The van der Waals surface area contributed by atoms with Crippen molar-refractivity contribution in [3.63, 3.8) is 0 Å². The van der Waals surface area contributed by atoms with Crippen LogP contribution in [0.2, 0.25) is 0 Å². The zero-order valence-corrected chi connectivity index (χ0v) is 28.5. The first-order valence-electron chi connectivity index (χ1n) is 13.8. The van der Waals surface area contributed by atoms with Crippen molar-refractivity contribution in [2.24, 2.45) is 0 Å². The van der Waals surface area contributed by atoms with Crippen molar-refractivity contribution in [2.75, 3.05) is 38.8 Å². The zero-order chi connectivity index (χ0) is 29.9. The summed E-state index contributed by atoms with van der Waals surface area (Å²) in [5.74, 6) is 1.14. The number of pyridine rings is 1. The second-order valence-corrected chi connectivity index (χ2v) is 13.3. The van der Waals surface area contributed by atoms with Crippen LogP contribution in [-0.2, 0) is 9.47 Å². The van der Waals surface area contributed by atoms with E-state index >= 15 is 0 Å². The molecule has 2 heterocycles. The van der Waals surface area contributed by atoms with E-state index in [0.29, 0.717) is 36.8 Å². The Morgan fingerprint density at radius 3 is 2.59 bits per heavy atom. The van der Waals surface area contributed by atoms with Gasteiger partial charge in [-0.3, -0.25) is 0 Å². The molecule has 3 atom stereocenters. The molecule has 1 fully saturated rings. The van der Waals surface area contributed by atoms with Gasteiger partial charge in [-0.05, 0) is 91.2 Å². The second kappa shape index (κ2) is 13.3. The molecule has 10 heteroatoms. The number of likely N-dealkylation sites (N-methyl/N-ethyl adjacent to an activating group) is 1. The summed E-state index contributed by atoms with van der Waals surface area (Å²) in [4.78, 5) is 21.7. The van der Waals surface area contributed by atoms with E-state index in [2.05, 4.69) is 68.7 Å². The van der Waals surface area contributed by atoms with Gasteiger partial charge in [0.2, 0.25) is 5.88 Å². The Morgan fingerprint density at radius 2 is 1.93 bits per heavy atom. The van der Waals surface area contributed by atoms with Crippen LogP contribution in [0.15, 0.2) is 46.9 Å². The molecule has 0 unspecified atom stereocenters. The SMILES string of the molecule is CO[C@@H](C)COc1cc(N(C)[C@H]2CCN(C(=O)OC(C)(C)C)C2)c2cc(I)c(Br)c(O[C@@H](C)c3ccccc3)c2n1. The van der Waals surface area contributed by atoms with Crippen LogP contribution in [0, 0.1) is 3.57 Å².